The molecule has 176 valence electrons. The molecule has 1 fully saturated rings. The first kappa shape index (κ1) is 24.1. The van der Waals surface area contributed by atoms with Gasteiger partial charge in [0, 0.05) is 38.5 Å². The molecular formula is C23H41N5O3. The maximum absolute atomic E-state index is 12.9. The Kier molecular flexibility index (Phi) is 9.29. The van der Waals surface area contributed by atoms with E-state index in [1.165, 1.54) is 32.1 Å². The Morgan fingerprint density at radius 3 is 2.77 bits per heavy atom. The van der Waals surface area contributed by atoms with Crippen molar-refractivity contribution in [3.8, 4) is 0 Å². The minimum absolute atomic E-state index is 0.0271. The van der Waals surface area contributed by atoms with E-state index in [-0.39, 0.29) is 30.6 Å². The van der Waals surface area contributed by atoms with Crippen LogP contribution in [0.25, 0.3) is 0 Å². The Bertz CT molecular complexity index is 676. The topological polar surface area (TPSA) is 83.7 Å². The van der Waals surface area contributed by atoms with E-state index in [2.05, 4.69) is 29.2 Å². The summed E-state index contributed by atoms with van der Waals surface area (Å²) in [5.41, 5.74) is 0.832. The molecule has 2 heterocycles. The lowest BCUT2D eigenvalue weighted by atomic mass is 9.89. The fourth-order valence-corrected chi connectivity index (χ4v) is 4.89. The van der Waals surface area contributed by atoms with Crippen molar-refractivity contribution in [3.05, 3.63) is 11.9 Å². The molecule has 1 N–H and O–H groups in total. The summed E-state index contributed by atoms with van der Waals surface area (Å²) in [6.07, 6.45) is 9.76. The molecule has 0 aromatic carbocycles. The van der Waals surface area contributed by atoms with Gasteiger partial charge in [0.15, 0.2) is 0 Å². The zero-order valence-corrected chi connectivity index (χ0v) is 19.6. The molecule has 3 atom stereocenters. The fourth-order valence-electron chi connectivity index (χ4n) is 4.89. The number of fused-ring (bicyclic) bond motifs is 2. The summed E-state index contributed by atoms with van der Waals surface area (Å²) >= 11 is 0. The van der Waals surface area contributed by atoms with E-state index in [1.54, 1.807) is 4.68 Å². The average molecular weight is 436 g/mol. The van der Waals surface area contributed by atoms with Crippen LogP contribution >= 0.6 is 0 Å². The second-order valence-electron chi connectivity index (χ2n) is 9.71. The number of nitrogens with zero attached hydrogens (tertiary/aromatic N) is 5. The number of aryl methyl sites for hydroxylation is 1. The van der Waals surface area contributed by atoms with Gasteiger partial charge in [0.2, 0.25) is 5.91 Å². The Morgan fingerprint density at radius 1 is 1.26 bits per heavy atom. The summed E-state index contributed by atoms with van der Waals surface area (Å²) in [6, 6.07) is -0.196. The summed E-state index contributed by atoms with van der Waals surface area (Å²) in [4.78, 5) is 17.2. The van der Waals surface area contributed by atoms with Gasteiger partial charge < -0.3 is 19.6 Å². The van der Waals surface area contributed by atoms with Crippen molar-refractivity contribution >= 4 is 5.91 Å². The van der Waals surface area contributed by atoms with Crippen LogP contribution in [-0.2, 0) is 22.7 Å². The number of carbonyl (C=O) groups is 1. The van der Waals surface area contributed by atoms with Crippen LogP contribution in [0.15, 0.2) is 6.20 Å². The first-order valence-corrected chi connectivity index (χ1v) is 12.1. The van der Waals surface area contributed by atoms with E-state index >= 15 is 0 Å². The van der Waals surface area contributed by atoms with Crippen LogP contribution in [0.5, 0.6) is 0 Å². The first-order chi connectivity index (χ1) is 15.0. The fraction of sp³-hybridized carbons (Fsp3) is 0.870. The number of carbonyl (C=O) groups excluding carboxylic acids is 1. The van der Waals surface area contributed by atoms with Gasteiger partial charge in [0.25, 0.3) is 0 Å². The van der Waals surface area contributed by atoms with E-state index in [0.717, 1.165) is 24.7 Å². The van der Waals surface area contributed by atoms with Crippen LogP contribution in [0.2, 0.25) is 0 Å². The van der Waals surface area contributed by atoms with Crippen molar-refractivity contribution in [1.29, 1.82) is 0 Å². The highest BCUT2D eigenvalue weighted by molar-refractivity contribution is 5.76. The first-order valence-electron chi connectivity index (χ1n) is 12.1. The number of ether oxygens (including phenoxy) is 1. The Labute approximate surface area is 186 Å². The number of aliphatic hydroxyl groups excluding tert-OH is 1. The number of likely N-dealkylation sites (N-methyl/N-ethyl adjacent to an activating group) is 1. The van der Waals surface area contributed by atoms with Gasteiger partial charge in [-0.15, -0.1) is 5.10 Å². The van der Waals surface area contributed by atoms with E-state index in [0.29, 0.717) is 32.5 Å². The van der Waals surface area contributed by atoms with Gasteiger partial charge in [-0.2, -0.15) is 0 Å². The second kappa shape index (κ2) is 11.9. The van der Waals surface area contributed by atoms with E-state index in [9.17, 15) is 9.90 Å². The normalized spacial score (nSPS) is 25.7. The largest absolute Gasteiger partial charge is 0.394 e. The average Bonchev–Trinajstić information content (AvgIpc) is 3.22. The molecule has 3 rings (SSSR count). The smallest absolute Gasteiger partial charge is 0.222 e. The van der Waals surface area contributed by atoms with Crippen molar-refractivity contribution in [2.45, 2.75) is 84.1 Å². The lowest BCUT2D eigenvalue weighted by molar-refractivity contribution is -0.136. The van der Waals surface area contributed by atoms with Crippen LogP contribution in [0.4, 0.5) is 0 Å². The van der Waals surface area contributed by atoms with Gasteiger partial charge >= 0.3 is 0 Å². The monoisotopic (exact) mass is 435 g/mol. The van der Waals surface area contributed by atoms with Crippen LogP contribution in [0.3, 0.4) is 0 Å². The molecule has 1 aliphatic carbocycles. The Hall–Kier alpha value is -1.51. The Balaban J connectivity index is 1.71. The molecule has 8 nitrogen and oxygen atoms in total. The van der Waals surface area contributed by atoms with Gasteiger partial charge in [-0.25, -0.2) is 0 Å². The summed E-state index contributed by atoms with van der Waals surface area (Å²) in [5, 5.41) is 18.1. The minimum atomic E-state index is -0.196. The number of amides is 1. The number of aliphatic hydroxyl groups is 1. The number of hydrogen-bond donors (Lipinski definition) is 1. The highest BCUT2D eigenvalue weighted by Gasteiger charge is 2.28. The van der Waals surface area contributed by atoms with Crippen molar-refractivity contribution in [2.24, 2.45) is 11.8 Å². The third kappa shape index (κ3) is 7.26. The minimum Gasteiger partial charge on any atom is -0.394 e. The van der Waals surface area contributed by atoms with E-state index in [4.69, 9.17) is 4.74 Å². The lowest BCUT2D eigenvalue weighted by Crippen LogP contribution is -2.47. The van der Waals surface area contributed by atoms with Crippen molar-refractivity contribution in [3.63, 3.8) is 0 Å². The molecule has 1 amide bonds. The van der Waals surface area contributed by atoms with Crippen molar-refractivity contribution in [1.82, 2.24) is 24.8 Å². The van der Waals surface area contributed by atoms with Crippen LogP contribution in [0, 0.1) is 11.8 Å². The maximum atomic E-state index is 12.9. The van der Waals surface area contributed by atoms with Crippen molar-refractivity contribution in [2.75, 3.05) is 33.3 Å². The predicted octanol–water partition coefficient (Wildman–Crippen LogP) is 2.31. The summed E-state index contributed by atoms with van der Waals surface area (Å²) in [6.45, 7) is 7.63. The number of aromatic nitrogens is 3. The lowest BCUT2D eigenvalue weighted by Gasteiger charge is -2.36. The highest BCUT2D eigenvalue weighted by Crippen LogP contribution is 2.25. The number of hydrogen-bond acceptors (Lipinski definition) is 6. The van der Waals surface area contributed by atoms with Crippen LogP contribution in [0.1, 0.15) is 64.5 Å². The molecule has 31 heavy (non-hydrogen) atoms. The van der Waals surface area contributed by atoms with Gasteiger partial charge in [0.1, 0.15) is 5.69 Å². The quantitative estimate of drug-likeness (QED) is 0.738. The molecule has 0 unspecified atom stereocenters. The highest BCUT2D eigenvalue weighted by atomic mass is 16.5. The second-order valence-corrected chi connectivity index (χ2v) is 9.71. The predicted molar refractivity (Wildman–Crippen MR) is 119 cm³/mol. The molecule has 1 saturated carbocycles. The van der Waals surface area contributed by atoms with Gasteiger partial charge in [-0.1, -0.05) is 31.4 Å². The molecule has 2 aliphatic rings. The SMILES string of the molecule is C[C@@H]1CN([C@H](C)CO)C(=O)CCCn2cc(nn2)CO[C@@H]1CN(C)CC1CCCCC1. The molecule has 1 aromatic rings. The molecule has 0 spiro atoms. The van der Waals surface area contributed by atoms with E-state index < -0.39 is 0 Å². The van der Waals surface area contributed by atoms with Crippen molar-refractivity contribution < 1.29 is 14.6 Å². The number of rotatable bonds is 6. The molecule has 1 aromatic heterocycles. The third-order valence-corrected chi connectivity index (χ3v) is 6.83. The molecule has 0 radical (unpaired) electrons. The zero-order chi connectivity index (χ0) is 22.2. The molecule has 1 aliphatic heterocycles. The molecule has 8 heteroatoms. The van der Waals surface area contributed by atoms with Crippen LogP contribution < -0.4 is 0 Å². The molecular weight excluding hydrogens is 394 g/mol. The third-order valence-electron chi connectivity index (χ3n) is 6.83. The Morgan fingerprint density at radius 2 is 2.03 bits per heavy atom. The van der Waals surface area contributed by atoms with Crippen LogP contribution in [-0.4, -0.2) is 81.2 Å². The summed E-state index contributed by atoms with van der Waals surface area (Å²) in [7, 11) is 2.18. The molecule has 2 bridgehead atoms. The van der Waals surface area contributed by atoms with Gasteiger partial charge in [-0.3, -0.25) is 9.48 Å². The van der Waals surface area contributed by atoms with Gasteiger partial charge in [0.05, 0.1) is 31.6 Å². The molecule has 0 saturated heterocycles. The standard InChI is InChI=1S/C23H41N5O3/c1-18-12-28(19(2)16-29)23(30)10-7-11-27-14-21(24-25-27)17-31-22(18)15-26(3)13-20-8-5-4-6-9-20/h14,18-20,22,29H,4-13,15-17H2,1-3H3/t18-,19-,22-/m1/s1. The zero-order valence-electron chi connectivity index (χ0n) is 19.6. The van der Waals surface area contributed by atoms with E-state index in [1.807, 2.05) is 18.0 Å². The maximum Gasteiger partial charge on any atom is 0.222 e. The summed E-state index contributed by atoms with van der Waals surface area (Å²) in [5.74, 6) is 1.00. The van der Waals surface area contributed by atoms with Gasteiger partial charge in [-0.05, 0) is 39.2 Å². The summed E-state index contributed by atoms with van der Waals surface area (Å²) < 4.78 is 8.15.